The zero-order chi connectivity index (χ0) is 23.8. The largest absolute Gasteiger partial charge is 0.494 e. The number of rotatable bonds is 10. The van der Waals surface area contributed by atoms with Crippen LogP contribution in [0.4, 0.5) is 26.6 Å². The molecule has 0 saturated carbocycles. The molecule has 4 rings (SSSR count). The van der Waals surface area contributed by atoms with Crippen LogP contribution in [-0.4, -0.2) is 18.2 Å². The number of azo groups is 2. The number of aromatic nitrogens is 1. The standard InChI is InChI=1S/C25H24FN5O2S/c1-3-5-14-33-23-16-24-22(15-21(23)26)27-25(34-24)31-30-18-8-6-17(7-9-18)28-29-19-10-12-20(13-11-19)32-4-2/h6-13,15-16H,3-5,14H2,1-2H3. The van der Waals surface area contributed by atoms with Crippen LogP contribution in [0.5, 0.6) is 11.5 Å². The van der Waals surface area contributed by atoms with Crippen molar-refractivity contribution in [2.24, 2.45) is 20.5 Å². The summed E-state index contributed by atoms with van der Waals surface area (Å²) >= 11 is 1.33. The molecule has 0 bridgehead atoms. The van der Waals surface area contributed by atoms with Crippen molar-refractivity contribution >= 4 is 43.7 Å². The van der Waals surface area contributed by atoms with Gasteiger partial charge in [0.2, 0.25) is 5.13 Å². The number of nitrogens with zero attached hydrogens (tertiary/aromatic N) is 5. The van der Waals surface area contributed by atoms with Crippen LogP contribution in [0.2, 0.25) is 0 Å². The second kappa shape index (κ2) is 11.4. The fraction of sp³-hybridized carbons (Fsp3) is 0.240. The Kier molecular flexibility index (Phi) is 7.87. The van der Waals surface area contributed by atoms with Crippen molar-refractivity contribution in [3.8, 4) is 11.5 Å². The van der Waals surface area contributed by atoms with E-state index < -0.39 is 5.82 Å². The molecule has 174 valence electrons. The zero-order valence-corrected chi connectivity index (χ0v) is 19.8. The monoisotopic (exact) mass is 477 g/mol. The molecule has 0 spiro atoms. The van der Waals surface area contributed by atoms with Crippen LogP contribution in [0.1, 0.15) is 26.7 Å². The maximum Gasteiger partial charge on any atom is 0.231 e. The highest BCUT2D eigenvalue weighted by Gasteiger charge is 2.10. The fourth-order valence-electron chi connectivity index (χ4n) is 2.98. The van der Waals surface area contributed by atoms with Gasteiger partial charge in [0, 0.05) is 12.1 Å². The van der Waals surface area contributed by atoms with E-state index in [-0.39, 0.29) is 5.75 Å². The van der Waals surface area contributed by atoms with Crippen LogP contribution >= 0.6 is 11.3 Å². The van der Waals surface area contributed by atoms with E-state index in [2.05, 4.69) is 32.4 Å². The number of hydrogen-bond donors (Lipinski definition) is 0. The summed E-state index contributed by atoms with van der Waals surface area (Å²) in [4.78, 5) is 4.34. The Morgan fingerprint density at radius 1 is 0.824 bits per heavy atom. The summed E-state index contributed by atoms with van der Waals surface area (Å²) in [7, 11) is 0. The van der Waals surface area contributed by atoms with E-state index in [0.717, 1.165) is 29.0 Å². The quantitative estimate of drug-likeness (QED) is 0.169. The van der Waals surface area contributed by atoms with Crippen molar-refractivity contribution in [1.82, 2.24) is 4.98 Å². The molecule has 3 aromatic carbocycles. The first kappa shape index (κ1) is 23.4. The van der Waals surface area contributed by atoms with Gasteiger partial charge in [-0.05, 0) is 61.9 Å². The molecule has 0 unspecified atom stereocenters. The van der Waals surface area contributed by atoms with Crippen LogP contribution < -0.4 is 9.47 Å². The Hall–Kier alpha value is -3.72. The molecule has 0 saturated heterocycles. The molecular formula is C25H24FN5O2S. The minimum Gasteiger partial charge on any atom is -0.494 e. The SMILES string of the molecule is CCCCOc1cc2sc(N=Nc3ccc(N=Nc4ccc(OCC)cc4)cc3)nc2cc1F. The van der Waals surface area contributed by atoms with Gasteiger partial charge >= 0.3 is 0 Å². The van der Waals surface area contributed by atoms with Crippen molar-refractivity contribution in [2.45, 2.75) is 26.7 Å². The second-order valence-electron chi connectivity index (χ2n) is 7.29. The number of hydrogen-bond acceptors (Lipinski definition) is 8. The predicted molar refractivity (Wildman–Crippen MR) is 132 cm³/mol. The lowest BCUT2D eigenvalue weighted by Crippen LogP contribution is -1.98. The van der Waals surface area contributed by atoms with Gasteiger partial charge in [0.15, 0.2) is 11.6 Å². The number of fused-ring (bicyclic) bond motifs is 1. The van der Waals surface area contributed by atoms with Crippen molar-refractivity contribution in [3.63, 3.8) is 0 Å². The molecule has 0 aliphatic carbocycles. The lowest BCUT2D eigenvalue weighted by molar-refractivity contribution is 0.295. The van der Waals surface area contributed by atoms with E-state index >= 15 is 0 Å². The van der Waals surface area contributed by atoms with Crippen molar-refractivity contribution in [1.29, 1.82) is 0 Å². The summed E-state index contributed by atoms with van der Waals surface area (Å²) in [6, 6.07) is 17.7. The topological polar surface area (TPSA) is 80.8 Å². The van der Waals surface area contributed by atoms with Crippen LogP contribution in [0, 0.1) is 5.82 Å². The van der Waals surface area contributed by atoms with Crippen LogP contribution in [0.15, 0.2) is 81.1 Å². The molecule has 0 radical (unpaired) electrons. The van der Waals surface area contributed by atoms with E-state index in [4.69, 9.17) is 9.47 Å². The highest BCUT2D eigenvalue weighted by atomic mass is 32.1. The summed E-state index contributed by atoms with van der Waals surface area (Å²) in [5, 5.41) is 17.3. The summed E-state index contributed by atoms with van der Waals surface area (Å²) in [5.41, 5.74) is 2.61. The molecule has 9 heteroatoms. The Bertz CT molecular complexity index is 1290. The van der Waals surface area contributed by atoms with E-state index in [0.29, 0.717) is 35.2 Å². The molecular weight excluding hydrogens is 453 g/mol. The highest BCUT2D eigenvalue weighted by Crippen LogP contribution is 2.34. The molecule has 4 aromatic rings. The minimum atomic E-state index is -0.424. The van der Waals surface area contributed by atoms with Gasteiger partial charge in [0.05, 0.1) is 40.5 Å². The molecule has 34 heavy (non-hydrogen) atoms. The summed E-state index contributed by atoms with van der Waals surface area (Å²) in [5.74, 6) is 0.616. The Morgan fingerprint density at radius 3 is 2.06 bits per heavy atom. The first-order chi connectivity index (χ1) is 16.6. The fourth-order valence-corrected chi connectivity index (χ4v) is 3.77. The molecule has 7 nitrogen and oxygen atoms in total. The Labute approximate surface area is 201 Å². The molecule has 1 aromatic heterocycles. The van der Waals surface area contributed by atoms with Gasteiger partial charge < -0.3 is 9.47 Å². The van der Waals surface area contributed by atoms with E-state index in [1.54, 1.807) is 30.3 Å². The molecule has 0 amide bonds. The third kappa shape index (κ3) is 6.20. The highest BCUT2D eigenvalue weighted by molar-refractivity contribution is 7.21. The third-order valence-corrected chi connectivity index (χ3v) is 5.62. The smallest absolute Gasteiger partial charge is 0.231 e. The van der Waals surface area contributed by atoms with E-state index in [1.165, 1.54) is 17.4 Å². The number of thiazole rings is 1. The maximum atomic E-state index is 14.2. The van der Waals surface area contributed by atoms with Gasteiger partial charge in [-0.3, -0.25) is 0 Å². The summed E-state index contributed by atoms with van der Waals surface area (Å²) in [6.45, 7) is 5.11. The molecule has 0 N–H and O–H groups in total. The zero-order valence-electron chi connectivity index (χ0n) is 18.9. The van der Waals surface area contributed by atoms with Gasteiger partial charge in [-0.1, -0.05) is 24.7 Å². The van der Waals surface area contributed by atoms with E-state index in [9.17, 15) is 4.39 Å². The molecule has 0 aliphatic rings. The molecule has 0 aliphatic heterocycles. The number of ether oxygens (including phenoxy) is 2. The van der Waals surface area contributed by atoms with Gasteiger partial charge in [-0.2, -0.15) is 10.2 Å². The summed E-state index contributed by atoms with van der Waals surface area (Å²) in [6.07, 6.45) is 1.86. The van der Waals surface area contributed by atoms with Gasteiger partial charge in [-0.15, -0.1) is 10.2 Å². The number of unbranched alkanes of at least 4 members (excludes halogenated alkanes) is 1. The van der Waals surface area contributed by atoms with Crippen molar-refractivity contribution in [3.05, 3.63) is 66.5 Å². The average molecular weight is 478 g/mol. The molecule has 0 fully saturated rings. The number of benzene rings is 3. The Balaban J connectivity index is 1.40. The number of halogens is 1. The first-order valence-corrected chi connectivity index (χ1v) is 11.9. The van der Waals surface area contributed by atoms with E-state index in [1.807, 2.05) is 31.2 Å². The minimum absolute atomic E-state index is 0.239. The summed E-state index contributed by atoms with van der Waals surface area (Å²) < 4.78 is 26.0. The van der Waals surface area contributed by atoms with Gasteiger partial charge in [-0.25, -0.2) is 9.37 Å². The van der Waals surface area contributed by atoms with Crippen molar-refractivity contribution < 1.29 is 13.9 Å². The predicted octanol–water partition coefficient (Wildman–Crippen LogP) is 8.84. The van der Waals surface area contributed by atoms with Crippen LogP contribution in [0.25, 0.3) is 10.2 Å². The second-order valence-corrected chi connectivity index (χ2v) is 8.30. The first-order valence-electron chi connectivity index (χ1n) is 11.0. The lowest BCUT2D eigenvalue weighted by Gasteiger charge is -2.05. The van der Waals surface area contributed by atoms with Crippen LogP contribution in [0.3, 0.4) is 0 Å². The average Bonchev–Trinajstić information content (AvgIpc) is 3.25. The Morgan fingerprint density at radius 2 is 1.44 bits per heavy atom. The maximum absolute atomic E-state index is 14.2. The third-order valence-electron chi connectivity index (χ3n) is 4.72. The van der Waals surface area contributed by atoms with Crippen molar-refractivity contribution in [2.75, 3.05) is 13.2 Å². The van der Waals surface area contributed by atoms with Crippen LogP contribution in [-0.2, 0) is 0 Å². The van der Waals surface area contributed by atoms with Gasteiger partial charge in [0.25, 0.3) is 0 Å². The van der Waals surface area contributed by atoms with Gasteiger partial charge in [0.1, 0.15) is 5.75 Å². The normalized spacial score (nSPS) is 11.6. The molecule has 0 atom stereocenters. The lowest BCUT2D eigenvalue weighted by atomic mass is 10.3. The molecule has 1 heterocycles.